The summed E-state index contributed by atoms with van der Waals surface area (Å²) in [5.74, 6) is 0. The minimum atomic E-state index is -0.534. The summed E-state index contributed by atoms with van der Waals surface area (Å²) in [6.45, 7) is 0.582. The molecule has 0 atom stereocenters. The van der Waals surface area contributed by atoms with Gasteiger partial charge in [-0.05, 0) is 43.5 Å². The Hall–Kier alpha value is -1.32. The van der Waals surface area contributed by atoms with E-state index in [9.17, 15) is 5.11 Å². The molecule has 0 radical (unpaired) electrons. The molecule has 0 aliphatic heterocycles. The molecule has 1 aromatic carbocycles. The monoisotopic (exact) mass is 262 g/mol. The third-order valence-electron chi connectivity index (χ3n) is 3.60. The van der Waals surface area contributed by atoms with E-state index in [0.29, 0.717) is 11.6 Å². The fraction of sp³-hybridized carbons (Fsp3) is 0.357. The van der Waals surface area contributed by atoms with Crippen molar-refractivity contribution < 1.29 is 5.11 Å². The molecule has 0 amide bonds. The second-order valence-electron chi connectivity index (χ2n) is 4.95. The first-order valence-electron chi connectivity index (χ1n) is 6.17. The van der Waals surface area contributed by atoms with Crippen LogP contribution in [0.25, 0.3) is 10.9 Å². The highest BCUT2D eigenvalue weighted by molar-refractivity contribution is 6.31. The lowest BCUT2D eigenvalue weighted by Crippen LogP contribution is -2.43. The number of nitrogens with zero attached hydrogens (tertiary/aromatic N) is 1. The number of hydrogen-bond acceptors (Lipinski definition) is 3. The zero-order chi connectivity index (χ0) is 12.6. The minimum absolute atomic E-state index is 0.534. The maximum atomic E-state index is 10.1. The van der Waals surface area contributed by atoms with Crippen molar-refractivity contribution in [1.29, 1.82) is 0 Å². The molecule has 1 aliphatic rings. The predicted molar refractivity (Wildman–Crippen MR) is 74.0 cm³/mol. The Morgan fingerprint density at radius 3 is 2.89 bits per heavy atom. The summed E-state index contributed by atoms with van der Waals surface area (Å²) < 4.78 is 0. The summed E-state index contributed by atoms with van der Waals surface area (Å²) >= 11 is 6.01. The Morgan fingerprint density at radius 2 is 2.17 bits per heavy atom. The summed E-state index contributed by atoms with van der Waals surface area (Å²) in [6, 6.07) is 7.55. The van der Waals surface area contributed by atoms with Gasteiger partial charge in [-0.25, -0.2) is 0 Å². The van der Waals surface area contributed by atoms with E-state index < -0.39 is 5.60 Å². The number of fused-ring (bicyclic) bond motifs is 1. The van der Waals surface area contributed by atoms with Gasteiger partial charge in [0.2, 0.25) is 0 Å². The highest BCUT2D eigenvalue weighted by atomic mass is 35.5. The highest BCUT2D eigenvalue weighted by Crippen LogP contribution is 2.32. The van der Waals surface area contributed by atoms with Crippen LogP contribution in [0, 0.1) is 0 Å². The number of pyridine rings is 1. The standard InChI is InChI=1S/C14H15ClN2O/c15-10-2-3-12-11(8-10)13(4-7-16-12)17-9-14(18)5-1-6-14/h2-4,7-8,18H,1,5-6,9H2,(H,16,17). The Bertz CT molecular complexity index is 581. The van der Waals surface area contributed by atoms with E-state index >= 15 is 0 Å². The average Bonchev–Trinajstić information content (AvgIpc) is 2.34. The quantitative estimate of drug-likeness (QED) is 0.893. The van der Waals surface area contributed by atoms with Gasteiger partial charge in [-0.2, -0.15) is 0 Å². The zero-order valence-corrected chi connectivity index (χ0v) is 10.7. The molecular formula is C14H15ClN2O. The zero-order valence-electron chi connectivity index (χ0n) is 9.99. The number of hydrogen-bond donors (Lipinski definition) is 2. The van der Waals surface area contributed by atoms with Gasteiger partial charge in [0.05, 0.1) is 11.1 Å². The van der Waals surface area contributed by atoms with Crippen molar-refractivity contribution in [2.75, 3.05) is 11.9 Å². The van der Waals surface area contributed by atoms with Gasteiger partial charge >= 0.3 is 0 Å². The molecule has 3 rings (SSSR count). The molecule has 0 spiro atoms. The highest BCUT2D eigenvalue weighted by Gasteiger charge is 2.33. The third kappa shape index (κ3) is 2.16. The van der Waals surface area contributed by atoms with Crippen LogP contribution in [0.2, 0.25) is 5.02 Å². The van der Waals surface area contributed by atoms with Crippen LogP contribution in [0.15, 0.2) is 30.5 Å². The summed E-state index contributed by atoms with van der Waals surface area (Å²) in [4.78, 5) is 4.30. The normalized spacial score (nSPS) is 17.4. The van der Waals surface area contributed by atoms with Gasteiger partial charge in [0.1, 0.15) is 0 Å². The molecule has 1 saturated carbocycles. The van der Waals surface area contributed by atoms with Crippen molar-refractivity contribution in [2.45, 2.75) is 24.9 Å². The van der Waals surface area contributed by atoms with Gasteiger partial charge in [0, 0.05) is 28.8 Å². The minimum Gasteiger partial charge on any atom is -0.388 e. The van der Waals surface area contributed by atoms with Gasteiger partial charge in [-0.15, -0.1) is 0 Å². The molecule has 0 bridgehead atoms. The largest absolute Gasteiger partial charge is 0.388 e. The van der Waals surface area contributed by atoms with E-state index in [0.717, 1.165) is 35.9 Å². The second kappa shape index (κ2) is 4.41. The molecule has 1 aromatic heterocycles. The lowest BCUT2D eigenvalue weighted by Gasteiger charge is -2.37. The van der Waals surface area contributed by atoms with Gasteiger partial charge in [0.15, 0.2) is 0 Å². The van der Waals surface area contributed by atoms with E-state index in [1.54, 1.807) is 6.20 Å². The number of benzene rings is 1. The van der Waals surface area contributed by atoms with E-state index in [4.69, 9.17) is 11.6 Å². The Kier molecular flexibility index (Phi) is 2.88. The van der Waals surface area contributed by atoms with E-state index in [2.05, 4.69) is 10.3 Å². The van der Waals surface area contributed by atoms with E-state index in [-0.39, 0.29) is 0 Å². The first-order chi connectivity index (χ1) is 8.66. The average molecular weight is 263 g/mol. The number of aliphatic hydroxyl groups is 1. The van der Waals surface area contributed by atoms with Crippen molar-refractivity contribution in [2.24, 2.45) is 0 Å². The molecule has 1 fully saturated rings. The van der Waals surface area contributed by atoms with Crippen molar-refractivity contribution in [3.8, 4) is 0 Å². The van der Waals surface area contributed by atoms with Crippen LogP contribution in [0.5, 0.6) is 0 Å². The number of rotatable bonds is 3. The molecule has 0 saturated heterocycles. The van der Waals surface area contributed by atoms with Crippen molar-refractivity contribution >= 4 is 28.2 Å². The van der Waals surface area contributed by atoms with E-state index in [1.165, 1.54) is 0 Å². The van der Waals surface area contributed by atoms with Crippen molar-refractivity contribution in [3.63, 3.8) is 0 Å². The lowest BCUT2D eigenvalue weighted by atomic mass is 9.80. The molecule has 2 N–H and O–H groups in total. The van der Waals surface area contributed by atoms with Crippen molar-refractivity contribution in [3.05, 3.63) is 35.5 Å². The predicted octanol–water partition coefficient (Wildman–Crippen LogP) is 3.22. The maximum absolute atomic E-state index is 10.1. The van der Waals surface area contributed by atoms with Gasteiger partial charge in [0.25, 0.3) is 0 Å². The van der Waals surface area contributed by atoms with Crippen LogP contribution in [0.4, 0.5) is 5.69 Å². The van der Waals surface area contributed by atoms with Crippen LogP contribution in [-0.4, -0.2) is 22.2 Å². The van der Waals surface area contributed by atoms with Crippen LogP contribution >= 0.6 is 11.6 Å². The number of aromatic nitrogens is 1. The molecule has 94 valence electrons. The van der Waals surface area contributed by atoms with Crippen LogP contribution < -0.4 is 5.32 Å². The molecule has 1 heterocycles. The number of anilines is 1. The summed E-state index contributed by atoms with van der Waals surface area (Å²) in [5, 5.41) is 15.1. The first kappa shape index (κ1) is 11.8. The summed E-state index contributed by atoms with van der Waals surface area (Å²) in [7, 11) is 0. The Morgan fingerprint density at radius 1 is 1.33 bits per heavy atom. The molecule has 3 nitrogen and oxygen atoms in total. The molecule has 4 heteroatoms. The SMILES string of the molecule is OC1(CNc2ccnc3ccc(Cl)cc23)CCC1. The fourth-order valence-electron chi connectivity index (χ4n) is 2.29. The number of nitrogens with one attached hydrogen (secondary N) is 1. The first-order valence-corrected chi connectivity index (χ1v) is 6.55. The van der Waals surface area contributed by atoms with Crippen LogP contribution in [-0.2, 0) is 0 Å². The molecule has 2 aromatic rings. The van der Waals surface area contributed by atoms with Gasteiger partial charge in [-0.3, -0.25) is 4.98 Å². The maximum Gasteiger partial charge on any atom is 0.0819 e. The van der Waals surface area contributed by atoms with E-state index in [1.807, 2.05) is 24.3 Å². The van der Waals surface area contributed by atoms with Crippen LogP contribution in [0.3, 0.4) is 0 Å². The molecule has 18 heavy (non-hydrogen) atoms. The third-order valence-corrected chi connectivity index (χ3v) is 3.83. The lowest BCUT2D eigenvalue weighted by molar-refractivity contribution is -0.0201. The molecule has 1 aliphatic carbocycles. The topological polar surface area (TPSA) is 45.1 Å². The Balaban J connectivity index is 1.88. The van der Waals surface area contributed by atoms with Crippen molar-refractivity contribution in [1.82, 2.24) is 4.98 Å². The smallest absolute Gasteiger partial charge is 0.0819 e. The second-order valence-corrected chi connectivity index (χ2v) is 5.39. The van der Waals surface area contributed by atoms with Crippen LogP contribution in [0.1, 0.15) is 19.3 Å². The number of halogens is 1. The molecule has 0 unspecified atom stereocenters. The Labute approximate surface area is 111 Å². The summed E-state index contributed by atoms with van der Waals surface area (Å²) in [6.07, 6.45) is 4.64. The van der Waals surface area contributed by atoms with Gasteiger partial charge in [-0.1, -0.05) is 11.6 Å². The fourth-order valence-corrected chi connectivity index (χ4v) is 2.47. The van der Waals surface area contributed by atoms with Gasteiger partial charge < -0.3 is 10.4 Å². The summed E-state index contributed by atoms with van der Waals surface area (Å²) in [5.41, 5.74) is 1.35. The molecular weight excluding hydrogens is 248 g/mol.